The third kappa shape index (κ3) is 2.52. The average molecular weight is 275 g/mol. The fourth-order valence-electron chi connectivity index (χ4n) is 2.90. The van der Waals surface area contributed by atoms with Crippen LogP contribution in [0.3, 0.4) is 0 Å². The minimum atomic E-state index is -0.482. The van der Waals surface area contributed by atoms with Crippen LogP contribution in [0.5, 0.6) is 0 Å². The van der Waals surface area contributed by atoms with E-state index in [0.717, 1.165) is 25.3 Å². The Morgan fingerprint density at radius 3 is 2.60 bits per heavy atom. The van der Waals surface area contributed by atoms with E-state index in [0.29, 0.717) is 0 Å². The van der Waals surface area contributed by atoms with Gasteiger partial charge in [-0.3, -0.25) is 4.79 Å². The lowest BCUT2D eigenvalue weighted by atomic mass is 9.96. The van der Waals surface area contributed by atoms with Crippen LogP contribution >= 0.6 is 0 Å². The molecule has 4 nitrogen and oxygen atoms in total. The van der Waals surface area contributed by atoms with Gasteiger partial charge in [-0.15, -0.1) is 0 Å². The van der Waals surface area contributed by atoms with Gasteiger partial charge in [0.1, 0.15) is 5.54 Å². The van der Waals surface area contributed by atoms with Crippen LogP contribution in [0.1, 0.15) is 25.0 Å². The summed E-state index contributed by atoms with van der Waals surface area (Å²) in [6.45, 7) is 8.65. The van der Waals surface area contributed by atoms with E-state index in [1.54, 1.807) is 0 Å². The van der Waals surface area contributed by atoms with Crippen LogP contribution in [-0.2, 0) is 11.3 Å². The molecule has 1 amide bonds. The molecule has 1 aromatic rings. The zero-order valence-electron chi connectivity index (χ0n) is 13.2. The van der Waals surface area contributed by atoms with Crippen molar-refractivity contribution < 1.29 is 4.79 Å². The molecule has 1 saturated heterocycles. The molecule has 1 aromatic carbocycles. The molecule has 1 aliphatic heterocycles. The largest absolute Gasteiger partial charge is 0.356 e. The first-order valence-electron chi connectivity index (χ1n) is 7.15. The van der Waals surface area contributed by atoms with Crippen molar-refractivity contribution in [3.8, 4) is 0 Å². The quantitative estimate of drug-likeness (QED) is 0.913. The first-order valence-corrected chi connectivity index (χ1v) is 7.15. The Kier molecular flexibility index (Phi) is 4.04. The fourth-order valence-corrected chi connectivity index (χ4v) is 2.90. The second-order valence-corrected chi connectivity index (χ2v) is 6.08. The molecule has 20 heavy (non-hydrogen) atoms. The van der Waals surface area contributed by atoms with Gasteiger partial charge in [0.25, 0.3) is 0 Å². The number of nitrogens with one attached hydrogen (secondary N) is 1. The SMILES string of the molecule is CNCc1ccc(N2CCN(C)C(=O)C2(C)C)cc1C. The number of amides is 1. The molecule has 1 fully saturated rings. The second-order valence-electron chi connectivity index (χ2n) is 6.08. The molecule has 0 aliphatic carbocycles. The molecule has 1 heterocycles. The molecule has 0 aromatic heterocycles. The zero-order valence-corrected chi connectivity index (χ0v) is 13.2. The number of likely N-dealkylation sites (N-methyl/N-ethyl adjacent to an activating group) is 1. The number of carbonyl (C=O) groups is 1. The number of carbonyl (C=O) groups excluding carboxylic acids is 1. The average Bonchev–Trinajstić information content (AvgIpc) is 2.39. The first-order chi connectivity index (χ1) is 9.37. The van der Waals surface area contributed by atoms with Gasteiger partial charge < -0.3 is 15.1 Å². The van der Waals surface area contributed by atoms with Gasteiger partial charge in [0.15, 0.2) is 0 Å². The van der Waals surface area contributed by atoms with Gasteiger partial charge in [-0.05, 0) is 51.1 Å². The van der Waals surface area contributed by atoms with Crippen molar-refractivity contribution in [2.75, 3.05) is 32.1 Å². The van der Waals surface area contributed by atoms with Gasteiger partial charge in [-0.25, -0.2) is 0 Å². The van der Waals surface area contributed by atoms with E-state index >= 15 is 0 Å². The summed E-state index contributed by atoms with van der Waals surface area (Å²) >= 11 is 0. The lowest BCUT2D eigenvalue weighted by Crippen LogP contribution is -2.62. The highest BCUT2D eigenvalue weighted by molar-refractivity contribution is 5.90. The van der Waals surface area contributed by atoms with Crippen molar-refractivity contribution in [3.63, 3.8) is 0 Å². The Bertz CT molecular complexity index is 510. The van der Waals surface area contributed by atoms with E-state index in [1.807, 2.05) is 32.8 Å². The number of rotatable bonds is 3. The number of aryl methyl sites for hydroxylation is 1. The van der Waals surface area contributed by atoms with Gasteiger partial charge in [0, 0.05) is 32.4 Å². The summed E-state index contributed by atoms with van der Waals surface area (Å²) < 4.78 is 0. The van der Waals surface area contributed by atoms with Crippen molar-refractivity contribution in [1.29, 1.82) is 0 Å². The monoisotopic (exact) mass is 275 g/mol. The number of hydrogen-bond acceptors (Lipinski definition) is 3. The van der Waals surface area contributed by atoms with Crippen LogP contribution in [0.25, 0.3) is 0 Å². The summed E-state index contributed by atoms with van der Waals surface area (Å²) in [5.74, 6) is 0.181. The number of piperazine rings is 1. The number of benzene rings is 1. The summed E-state index contributed by atoms with van der Waals surface area (Å²) in [4.78, 5) is 16.4. The number of nitrogens with zero attached hydrogens (tertiary/aromatic N) is 2. The summed E-state index contributed by atoms with van der Waals surface area (Å²) in [5, 5.41) is 3.18. The molecule has 1 aliphatic rings. The van der Waals surface area contributed by atoms with Crippen LogP contribution in [-0.4, -0.2) is 43.5 Å². The molecule has 0 bridgehead atoms. The normalized spacial score (nSPS) is 18.6. The van der Waals surface area contributed by atoms with Gasteiger partial charge >= 0.3 is 0 Å². The van der Waals surface area contributed by atoms with Crippen molar-refractivity contribution in [1.82, 2.24) is 10.2 Å². The maximum Gasteiger partial charge on any atom is 0.247 e. The number of anilines is 1. The highest BCUT2D eigenvalue weighted by Gasteiger charge is 2.40. The highest BCUT2D eigenvalue weighted by atomic mass is 16.2. The molecule has 0 atom stereocenters. The van der Waals surface area contributed by atoms with Crippen molar-refractivity contribution in [2.45, 2.75) is 32.9 Å². The zero-order chi connectivity index (χ0) is 14.9. The first kappa shape index (κ1) is 14.9. The van der Waals surface area contributed by atoms with E-state index in [9.17, 15) is 4.79 Å². The molecule has 1 N–H and O–H groups in total. The molecule has 0 spiro atoms. The predicted octanol–water partition coefficient (Wildman–Crippen LogP) is 1.77. The predicted molar refractivity (Wildman–Crippen MR) is 83.0 cm³/mol. The van der Waals surface area contributed by atoms with Gasteiger partial charge in [-0.2, -0.15) is 0 Å². The number of hydrogen-bond donors (Lipinski definition) is 1. The third-order valence-electron chi connectivity index (χ3n) is 4.21. The van der Waals surface area contributed by atoms with E-state index in [-0.39, 0.29) is 5.91 Å². The topological polar surface area (TPSA) is 35.6 Å². The lowest BCUT2D eigenvalue weighted by Gasteiger charge is -2.46. The van der Waals surface area contributed by atoms with Crippen LogP contribution < -0.4 is 10.2 Å². The van der Waals surface area contributed by atoms with E-state index < -0.39 is 5.54 Å². The summed E-state index contributed by atoms with van der Waals surface area (Å²) in [6, 6.07) is 6.47. The molecule has 0 saturated carbocycles. The fraction of sp³-hybridized carbons (Fsp3) is 0.562. The van der Waals surface area contributed by atoms with E-state index in [4.69, 9.17) is 0 Å². The molecule has 4 heteroatoms. The smallest absolute Gasteiger partial charge is 0.247 e. The molecular formula is C16H25N3O. The Hall–Kier alpha value is -1.55. The molecule has 110 valence electrons. The highest BCUT2D eigenvalue weighted by Crippen LogP contribution is 2.29. The van der Waals surface area contributed by atoms with Crippen molar-refractivity contribution in [3.05, 3.63) is 29.3 Å². The van der Waals surface area contributed by atoms with Crippen LogP contribution in [0, 0.1) is 6.92 Å². The van der Waals surface area contributed by atoms with Crippen LogP contribution in [0.15, 0.2) is 18.2 Å². The minimum Gasteiger partial charge on any atom is -0.356 e. The maximum absolute atomic E-state index is 12.4. The van der Waals surface area contributed by atoms with Gasteiger partial charge in [-0.1, -0.05) is 6.07 Å². The summed E-state index contributed by atoms with van der Waals surface area (Å²) in [6.07, 6.45) is 0. The van der Waals surface area contributed by atoms with E-state index in [1.165, 1.54) is 11.1 Å². The maximum atomic E-state index is 12.4. The Morgan fingerprint density at radius 2 is 2.00 bits per heavy atom. The van der Waals surface area contributed by atoms with Gasteiger partial charge in [0.2, 0.25) is 5.91 Å². The minimum absolute atomic E-state index is 0.181. The van der Waals surface area contributed by atoms with Crippen LogP contribution in [0.4, 0.5) is 5.69 Å². The lowest BCUT2D eigenvalue weighted by molar-refractivity contribution is -0.136. The molecule has 2 rings (SSSR count). The second kappa shape index (κ2) is 5.44. The Balaban J connectivity index is 2.31. The Labute approximate surface area is 121 Å². The van der Waals surface area contributed by atoms with Crippen molar-refractivity contribution >= 4 is 11.6 Å². The van der Waals surface area contributed by atoms with Gasteiger partial charge in [0.05, 0.1) is 0 Å². The summed E-state index contributed by atoms with van der Waals surface area (Å²) in [5.41, 5.74) is 3.21. The Morgan fingerprint density at radius 1 is 1.30 bits per heavy atom. The third-order valence-corrected chi connectivity index (χ3v) is 4.21. The molecule has 0 radical (unpaired) electrons. The van der Waals surface area contributed by atoms with Crippen LogP contribution in [0.2, 0.25) is 0 Å². The summed E-state index contributed by atoms with van der Waals surface area (Å²) in [7, 11) is 3.83. The van der Waals surface area contributed by atoms with Crippen molar-refractivity contribution in [2.24, 2.45) is 0 Å². The molecular weight excluding hydrogens is 250 g/mol. The van der Waals surface area contributed by atoms with E-state index in [2.05, 4.69) is 35.3 Å². The standard InChI is InChI=1S/C16H25N3O/c1-12-10-14(7-6-13(12)11-17-4)19-9-8-18(5)15(20)16(19,2)3/h6-7,10,17H,8-9,11H2,1-5H3. The molecule has 0 unspecified atom stereocenters.